The Morgan fingerprint density at radius 2 is 1.17 bits per heavy atom. The van der Waals surface area contributed by atoms with Crippen molar-refractivity contribution in [3.05, 3.63) is 239 Å². The first-order valence-electron chi connectivity index (χ1n) is 24.5. The summed E-state index contributed by atoms with van der Waals surface area (Å²) in [4.78, 5) is 2.47. The third kappa shape index (κ3) is 5.33. The van der Waals surface area contributed by atoms with Crippen LogP contribution in [0.25, 0.3) is 93.6 Å². The summed E-state index contributed by atoms with van der Waals surface area (Å²) in [5, 5.41) is 6.34. The van der Waals surface area contributed by atoms with Crippen molar-refractivity contribution in [2.24, 2.45) is 0 Å². The second-order valence-corrected chi connectivity index (χ2v) is 20.6. The summed E-state index contributed by atoms with van der Waals surface area (Å²) in [6.45, 7) is 8.94. The van der Waals surface area contributed by atoms with Crippen LogP contribution in [0.15, 0.2) is 209 Å². The van der Waals surface area contributed by atoms with E-state index in [4.69, 9.17) is 8.83 Å². The highest BCUT2D eigenvalue weighted by molar-refractivity contribution is 6.26. The summed E-state index contributed by atoms with van der Waals surface area (Å²) in [5.74, 6) is -0.275. The second kappa shape index (κ2) is 14.2. The van der Waals surface area contributed by atoms with Gasteiger partial charge in [-0.2, -0.15) is 0 Å². The molecule has 1 spiro atoms. The predicted molar refractivity (Wildman–Crippen MR) is 290 cm³/mol. The molecule has 1 atom stereocenters. The number of aryl methyl sites for hydroxylation is 1. The third-order valence-electron chi connectivity index (χ3n) is 15.6. The van der Waals surface area contributed by atoms with Gasteiger partial charge in [0, 0.05) is 49.4 Å². The Bertz CT molecular complexity index is 4430. The number of anilines is 3. The first kappa shape index (κ1) is 40.2. The van der Waals surface area contributed by atoms with E-state index in [1.807, 2.05) is 18.2 Å². The van der Waals surface area contributed by atoms with Crippen LogP contribution in [0, 0.1) is 12.7 Å². The fourth-order valence-electron chi connectivity index (χ4n) is 12.7. The normalized spacial score (nSPS) is 14.9. The maximum absolute atomic E-state index is 16.3. The summed E-state index contributed by atoms with van der Waals surface area (Å²) < 4.78 is 32.8. The lowest BCUT2D eigenvalue weighted by Gasteiger charge is -2.33. The van der Waals surface area contributed by atoms with Gasteiger partial charge in [0.05, 0.1) is 33.2 Å². The number of hydrogen-bond acceptors (Lipinski definition) is 3. The number of halogens is 1. The van der Waals surface area contributed by atoms with Crippen LogP contribution in [0.2, 0.25) is 0 Å². The number of para-hydroxylation sites is 3. The summed E-state index contributed by atoms with van der Waals surface area (Å²) in [6, 6.07) is 70.9. The van der Waals surface area contributed by atoms with Crippen LogP contribution in [-0.4, -0.2) is 4.57 Å². The Labute approximate surface area is 409 Å². The van der Waals surface area contributed by atoms with E-state index >= 15 is 4.39 Å². The molecule has 2 aliphatic carbocycles. The molecule has 0 aliphatic heterocycles. The Kier molecular flexibility index (Phi) is 8.05. The van der Waals surface area contributed by atoms with Gasteiger partial charge in [0.15, 0.2) is 0 Å². The third-order valence-corrected chi connectivity index (χ3v) is 15.6. The monoisotopic (exact) mass is 916 g/mol. The van der Waals surface area contributed by atoms with Crippen LogP contribution in [0.3, 0.4) is 0 Å². The fraction of sp³-hybridized carbons (Fsp3) is 0.0909. The summed E-state index contributed by atoms with van der Waals surface area (Å²) in [7, 11) is 0. The molecule has 338 valence electrons. The fourth-order valence-corrected chi connectivity index (χ4v) is 12.7. The van der Waals surface area contributed by atoms with Crippen molar-refractivity contribution >= 4 is 82.7 Å². The first-order valence-corrected chi connectivity index (χ1v) is 24.5. The van der Waals surface area contributed by atoms with Crippen molar-refractivity contribution < 1.29 is 13.2 Å². The van der Waals surface area contributed by atoms with E-state index in [2.05, 4.69) is 207 Å². The highest BCUT2D eigenvalue weighted by Gasteiger charge is 2.54. The number of hydrogen-bond donors (Lipinski definition) is 0. The van der Waals surface area contributed by atoms with E-state index < -0.39 is 5.41 Å². The van der Waals surface area contributed by atoms with E-state index in [-0.39, 0.29) is 11.2 Å². The van der Waals surface area contributed by atoms with E-state index in [1.54, 1.807) is 12.1 Å². The van der Waals surface area contributed by atoms with E-state index in [9.17, 15) is 0 Å². The molecular formula is C66H45FN2O2. The summed E-state index contributed by atoms with van der Waals surface area (Å²) in [6.07, 6.45) is 0. The van der Waals surface area contributed by atoms with Crippen molar-refractivity contribution in [2.75, 3.05) is 4.90 Å². The smallest absolute Gasteiger partial charge is 0.145 e. The number of aromatic nitrogens is 1. The molecule has 0 saturated heterocycles. The van der Waals surface area contributed by atoms with Gasteiger partial charge in [-0.25, -0.2) is 4.39 Å². The number of fused-ring (bicyclic) bond motifs is 21. The summed E-state index contributed by atoms with van der Waals surface area (Å²) in [5.41, 5.74) is 19.3. The Hall–Kier alpha value is -8.67. The van der Waals surface area contributed by atoms with E-state index in [0.29, 0.717) is 0 Å². The minimum Gasteiger partial charge on any atom is -0.456 e. The average molecular weight is 917 g/mol. The second-order valence-electron chi connectivity index (χ2n) is 20.6. The largest absolute Gasteiger partial charge is 0.456 e. The molecule has 0 fully saturated rings. The van der Waals surface area contributed by atoms with Crippen molar-refractivity contribution in [3.63, 3.8) is 0 Å². The lowest BCUT2D eigenvalue weighted by atomic mass is 9.70. The highest BCUT2D eigenvalue weighted by Crippen LogP contribution is 2.67. The van der Waals surface area contributed by atoms with Crippen molar-refractivity contribution in [3.8, 4) is 27.9 Å². The van der Waals surface area contributed by atoms with E-state index in [1.165, 1.54) is 11.1 Å². The van der Waals surface area contributed by atoms with Crippen LogP contribution in [0.1, 0.15) is 54.2 Å². The average Bonchev–Trinajstić information content (AvgIpc) is 4.20. The number of nitrogens with zero attached hydrogens (tertiary/aromatic N) is 2. The van der Waals surface area contributed by atoms with Gasteiger partial charge >= 0.3 is 0 Å². The van der Waals surface area contributed by atoms with Crippen LogP contribution < -0.4 is 4.90 Å². The van der Waals surface area contributed by atoms with Crippen LogP contribution in [0.5, 0.6) is 0 Å². The maximum atomic E-state index is 16.3. The summed E-state index contributed by atoms with van der Waals surface area (Å²) >= 11 is 0. The Morgan fingerprint density at radius 3 is 1.97 bits per heavy atom. The molecule has 0 amide bonds. The molecule has 4 nitrogen and oxygen atoms in total. The highest BCUT2D eigenvalue weighted by atomic mass is 19.1. The van der Waals surface area contributed by atoms with Gasteiger partial charge in [-0.05, 0) is 136 Å². The van der Waals surface area contributed by atoms with Gasteiger partial charge in [-0.3, -0.25) is 0 Å². The molecule has 0 radical (unpaired) electrons. The molecule has 2 aliphatic rings. The van der Waals surface area contributed by atoms with Crippen molar-refractivity contribution in [1.82, 2.24) is 4.57 Å². The SMILES string of the molecule is Cc1cccc(-n2c3ccccc3c3c(N(c4ccc(C(C)(C)C)cc4)c4cc5c(c6oc7ccccc7c46)-c4c(ccc6oc7ccccc7c46)C54c5ccccc5-c5ccc(F)cc54)cccc32)c1. The topological polar surface area (TPSA) is 34.5 Å². The molecule has 0 saturated carbocycles. The lowest BCUT2D eigenvalue weighted by Crippen LogP contribution is -2.26. The van der Waals surface area contributed by atoms with Gasteiger partial charge in [-0.15, -0.1) is 0 Å². The lowest BCUT2D eigenvalue weighted by molar-refractivity contribution is 0.590. The minimum absolute atomic E-state index is 0.0640. The number of benzene rings is 10. The molecule has 0 bridgehead atoms. The van der Waals surface area contributed by atoms with Gasteiger partial charge in [0.2, 0.25) is 0 Å². The first-order chi connectivity index (χ1) is 34.7. The predicted octanol–water partition coefficient (Wildman–Crippen LogP) is 18.1. The van der Waals surface area contributed by atoms with Gasteiger partial charge in [-0.1, -0.05) is 142 Å². The van der Waals surface area contributed by atoms with Crippen LogP contribution in [0.4, 0.5) is 21.5 Å². The Morgan fingerprint density at radius 1 is 0.479 bits per heavy atom. The zero-order valence-corrected chi connectivity index (χ0v) is 39.6. The zero-order chi connectivity index (χ0) is 47.5. The molecular weight excluding hydrogens is 872 g/mol. The van der Waals surface area contributed by atoms with Crippen LogP contribution in [-0.2, 0) is 10.8 Å². The molecule has 10 aromatic carbocycles. The molecule has 0 N–H and O–H groups in total. The minimum atomic E-state index is -0.928. The standard InChI is InChI=1S/C66H45FN2O2/c1-38-15-13-16-42(35-38)69-52-22-10-6-18-45(52)59-53(23-14-24-54(59)69)68(41-30-27-39(28-31-41)65(2,3)4)55-37-51-63(64-60(55)46-19-7-12-26-57(46)71-64)62-49(33-34-58-61(62)47-20-8-11-25-56(47)70-58)66(51)48-21-9-5-17-43(48)44-32-29-40(67)36-50(44)66/h5-37H,1-4H3. The Balaban J connectivity index is 1.15. The van der Waals surface area contributed by atoms with Crippen LogP contribution >= 0.6 is 0 Å². The molecule has 3 heterocycles. The van der Waals surface area contributed by atoms with Crippen molar-refractivity contribution in [2.45, 2.75) is 38.5 Å². The van der Waals surface area contributed by atoms with Gasteiger partial charge < -0.3 is 18.3 Å². The van der Waals surface area contributed by atoms with Crippen molar-refractivity contribution in [1.29, 1.82) is 0 Å². The molecule has 15 rings (SSSR count). The quantitative estimate of drug-likeness (QED) is 0.176. The van der Waals surface area contributed by atoms with Gasteiger partial charge in [0.1, 0.15) is 28.1 Å². The number of furan rings is 2. The molecule has 1 unspecified atom stereocenters. The molecule has 5 heteroatoms. The molecule has 3 aromatic heterocycles. The number of rotatable bonds is 4. The maximum Gasteiger partial charge on any atom is 0.145 e. The molecule has 13 aromatic rings. The zero-order valence-electron chi connectivity index (χ0n) is 39.6. The van der Waals surface area contributed by atoms with Gasteiger partial charge in [0.25, 0.3) is 0 Å². The molecule has 71 heavy (non-hydrogen) atoms. The van der Waals surface area contributed by atoms with E-state index in [0.717, 1.165) is 133 Å².